The zero-order valence-electron chi connectivity index (χ0n) is 18.8. The fourth-order valence-corrected chi connectivity index (χ4v) is 3.73. The second-order valence-corrected chi connectivity index (χ2v) is 8.37. The van der Waals surface area contributed by atoms with Gasteiger partial charge < -0.3 is 20.8 Å². The maximum Gasteiger partial charge on any atom is 0.303 e. The Hall–Kier alpha value is -3.68. The highest BCUT2D eigenvalue weighted by Gasteiger charge is 2.18. The second kappa shape index (κ2) is 11.0. The molecule has 0 saturated carbocycles. The van der Waals surface area contributed by atoms with E-state index in [2.05, 4.69) is 10.6 Å². The Labute approximate surface area is 202 Å². The van der Waals surface area contributed by atoms with E-state index in [4.69, 9.17) is 16.7 Å². The predicted molar refractivity (Wildman–Crippen MR) is 132 cm³/mol. The number of hydrogen-bond donors (Lipinski definition) is 4. The van der Waals surface area contributed by atoms with E-state index in [0.29, 0.717) is 38.7 Å². The third kappa shape index (κ3) is 6.21. The number of carbonyl (C=O) groups is 3. The van der Waals surface area contributed by atoms with Crippen molar-refractivity contribution in [1.82, 2.24) is 0 Å². The molecule has 34 heavy (non-hydrogen) atoms. The molecule has 0 aliphatic heterocycles. The van der Waals surface area contributed by atoms with Gasteiger partial charge in [0.2, 0.25) is 0 Å². The van der Waals surface area contributed by atoms with Crippen LogP contribution in [0.1, 0.15) is 56.4 Å². The van der Waals surface area contributed by atoms with E-state index < -0.39 is 18.0 Å². The van der Waals surface area contributed by atoms with Crippen molar-refractivity contribution in [2.24, 2.45) is 0 Å². The molecule has 1 atom stereocenters. The summed E-state index contributed by atoms with van der Waals surface area (Å²) in [4.78, 5) is 36.4. The largest absolute Gasteiger partial charge is 0.481 e. The maximum atomic E-state index is 13.0. The highest BCUT2D eigenvalue weighted by molar-refractivity contribution is 6.30. The lowest BCUT2D eigenvalue weighted by molar-refractivity contribution is -0.137. The van der Waals surface area contributed by atoms with E-state index >= 15 is 0 Å². The molecule has 4 N–H and O–H groups in total. The van der Waals surface area contributed by atoms with Crippen LogP contribution < -0.4 is 10.6 Å². The number of carboxylic acids is 1. The fourth-order valence-electron chi connectivity index (χ4n) is 3.55. The number of amides is 2. The first-order valence-corrected chi connectivity index (χ1v) is 11.0. The SMILES string of the molecule is Cc1ccccc1C(=O)Nc1ccc(C(=O)Nc2ccc(Cl)cc2[C@@H](O)CCC(=O)O)c(C)c1. The van der Waals surface area contributed by atoms with Gasteiger partial charge in [-0.2, -0.15) is 0 Å². The van der Waals surface area contributed by atoms with E-state index in [1.807, 2.05) is 19.1 Å². The minimum Gasteiger partial charge on any atom is -0.481 e. The number of carboxylic acid groups (broad SMARTS) is 1. The monoisotopic (exact) mass is 480 g/mol. The van der Waals surface area contributed by atoms with Crippen LogP contribution >= 0.6 is 11.6 Å². The summed E-state index contributed by atoms with van der Waals surface area (Å²) in [5, 5.41) is 25.3. The Kier molecular flexibility index (Phi) is 8.04. The molecule has 3 rings (SSSR count). The van der Waals surface area contributed by atoms with Gasteiger partial charge in [0.1, 0.15) is 0 Å². The number of halogens is 1. The molecular weight excluding hydrogens is 456 g/mol. The normalized spacial score (nSPS) is 11.5. The molecule has 176 valence electrons. The lowest BCUT2D eigenvalue weighted by Crippen LogP contribution is -2.17. The number of nitrogens with one attached hydrogen (secondary N) is 2. The number of rotatable bonds is 8. The van der Waals surface area contributed by atoms with E-state index in [1.54, 1.807) is 49.4 Å². The lowest BCUT2D eigenvalue weighted by Gasteiger charge is -2.17. The molecule has 0 fully saturated rings. The van der Waals surface area contributed by atoms with Crippen molar-refractivity contribution < 1.29 is 24.6 Å². The minimum absolute atomic E-state index is 0.0210. The van der Waals surface area contributed by atoms with Gasteiger partial charge in [0.05, 0.1) is 6.10 Å². The van der Waals surface area contributed by atoms with Gasteiger partial charge in [-0.05, 0) is 73.9 Å². The Morgan fingerprint density at radius 3 is 2.24 bits per heavy atom. The van der Waals surface area contributed by atoms with Crippen molar-refractivity contribution in [2.45, 2.75) is 32.8 Å². The predicted octanol–water partition coefficient (Wildman–Crippen LogP) is 5.36. The quantitative estimate of drug-likeness (QED) is 0.346. The summed E-state index contributed by atoms with van der Waals surface area (Å²) < 4.78 is 0. The van der Waals surface area contributed by atoms with Crippen LogP contribution in [0.15, 0.2) is 60.7 Å². The number of benzene rings is 3. The molecular formula is C26H25ClN2O5. The van der Waals surface area contributed by atoms with Gasteiger partial charge in [0.25, 0.3) is 11.8 Å². The van der Waals surface area contributed by atoms with E-state index in [9.17, 15) is 19.5 Å². The number of carbonyl (C=O) groups excluding carboxylic acids is 2. The summed E-state index contributed by atoms with van der Waals surface area (Å²) in [7, 11) is 0. The topological polar surface area (TPSA) is 116 Å². The van der Waals surface area contributed by atoms with Crippen LogP contribution in [0.25, 0.3) is 0 Å². The van der Waals surface area contributed by atoms with Gasteiger partial charge in [-0.1, -0.05) is 29.8 Å². The summed E-state index contributed by atoms with van der Waals surface area (Å²) in [6.07, 6.45) is -1.35. The zero-order chi connectivity index (χ0) is 24.8. The molecule has 0 radical (unpaired) electrons. The molecule has 3 aromatic rings. The first-order chi connectivity index (χ1) is 16.2. The smallest absolute Gasteiger partial charge is 0.303 e. The van der Waals surface area contributed by atoms with E-state index in [0.717, 1.165) is 5.56 Å². The molecule has 0 bridgehead atoms. The fraction of sp³-hybridized carbons (Fsp3) is 0.192. The molecule has 7 nitrogen and oxygen atoms in total. The first-order valence-electron chi connectivity index (χ1n) is 10.6. The molecule has 8 heteroatoms. The number of hydrogen-bond acceptors (Lipinski definition) is 4. The number of aliphatic carboxylic acids is 1. The lowest BCUT2D eigenvalue weighted by atomic mass is 10.0. The number of aryl methyl sites for hydroxylation is 2. The van der Waals surface area contributed by atoms with Crippen LogP contribution in [0.2, 0.25) is 5.02 Å². The van der Waals surface area contributed by atoms with Crippen LogP contribution in [0, 0.1) is 13.8 Å². The Balaban J connectivity index is 1.76. The van der Waals surface area contributed by atoms with Gasteiger partial charge in [-0.3, -0.25) is 14.4 Å². The minimum atomic E-state index is -1.11. The highest BCUT2D eigenvalue weighted by Crippen LogP contribution is 2.30. The van der Waals surface area contributed by atoms with Crippen molar-refractivity contribution in [3.8, 4) is 0 Å². The van der Waals surface area contributed by atoms with Crippen LogP contribution in [-0.4, -0.2) is 28.0 Å². The molecule has 0 saturated heterocycles. The highest BCUT2D eigenvalue weighted by atomic mass is 35.5. The van der Waals surface area contributed by atoms with Crippen molar-refractivity contribution in [1.29, 1.82) is 0 Å². The summed E-state index contributed by atoms with van der Waals surface area (Å²) in [5.41, 5.74) is 3.68. The average molecular weight is 481 g/mol. The third-order valence-electron chi connectivity index (χ3n) is 5.37. The molecule has 0 aliphatic rings. The van der Waals surface area contributed by atoms with Crippen molar-refractivity contribution in [3.63, 3.8) is 0 Å². The third-order valence-corrected chi connectivity index (χ3v) is 5.61. The van der Waals surface area contributed by atoms with Crippen molar-refractivity contribution >= 4 is 40.8 Å². The van der Waals surface area contributed by atoms with Gasteiger partial charge in [0.15, 0.2) is 0 Å². The number of aliphatic hydroxyl groups is 1. The van der Waals surface area contributed by atoms with Crippen LogP contribution in [0.5, 0.6) is 0 Å². The van der Waals surface area contributed by atoms with Crippen LogP contribution in [0.4, 0.5) is 11.4 Å². The molecule has 0 spiro atoms. The van der Waals surface area contributed by atoms with Gasteiger partial charge in [-0.25, -0.2) is 0 Å². The van der Waals surface area contributed by atoms with Gasteiger partial charge >= 0.3 is 5.97 Å². The summed E-state index contributed by atoms with van der Waals surface area (Å²) in [6.45, 7) is 3.61. The van der Waals surface area contributed by atoms with E-state index in [1.165, 1.54) is 6.07 Å². The molecule has 3 aromatic carbocycles. The second-order valence-electron chi connectivity index (χ2n) is 7.93. The summed E-state index contributed by atoms with van der Waals surface area (Å²) >= 11 is 6.04. The van der Waals surface area contributed by atoms with Crippen molar-refractivity contribution in [2.75, 3.05) is 10.6 Å². The number of anilines is 2. The van der Waals surface area contributed by atoms with Gasteiger partial charge in [-0.15, -0.1) is 0 Å². The first kappa shape index (κ1) is 25.0. The van der Waals surface area contributed by atoms with Crippen molar-refractivity contribution in [3.05, 3.63) is 93.5 Å². The van der Waals surface area contributed by atoms with E-state index in [-0.39, 0.29) is 18.7 Å². The Bertz CT molecular complexity index is 1240. The average Bonchev–Trinajstić information content (AvgIpc) is 2.78. The summed E-state index contributed by atoms with van der Waals surface area (Å²) in [5.74, 6) is -1.68. The summed E-state index contributed by atoms with van der Waals surface area (Å²) in [6, 6.07) is 16.8. The van der Waals surface area contributed by atoms with Crippen LogP contribution in [0.3, 0.4) is 0 Å². The molecule has 0 unspecified atom stereocenters. The molecule has 0 aliphatic carbocycles. The number of aliphatic hydroxyl groups excluding tert-OH is 1. The Morgan fingerprint density at radius 2 is 1.56 bits per heavy atom. The molecule has 2 amide bonds. The zero-order valence-corrected chi connectivity index (χ0v) is 19.5. The van der Waals surface area contributed by atoms with Crippen LogP contribution in [-0.2, 0) is 4.79 Å². The molecule has 0 aromatic heterocycles. The van der Waals surface area contributed by atoms with Gasteiger partial charge in [0, 0.05) is 39.5 Å². The standard InChI is InChI=1S/C26H25ClN2O5/c1-15-5-3-4-6-19(15)25(33)28-18-8-9-20(16(2)13-18)26(34)29-22-10-7-17(27)14-21(22)23(30)11-12-24(31)32/h3-10,13-14,23,30H,11-12H2,1-2H3,(H,28,33)(H,29,34)(H,31,32)/t23-/m0/s1. The maximum absolute atomic E-state index is 13.0. The Morgan fingerprint density at radius 1 is 0.882 bits per heavy atom. The molecule has 0 heterocycles.